The number of rotatable bonds is 4. The van der Waals surface area contributed by atoms with E-state index >= 15 is 0 Å². The monoisotopic (exact) mass is 331 g/mol. The van der Waals surface area contributed by atoms with Crippen LogP contribution in [0.4, 0.5) is 0 Å². The third kappa shape index (κ3) is 2.94. The number of nitrogens with one attached hydrogen (secondary N) is 1. The van der Waals surface area contributed by atoms with E-state index in [2.05, 4.69) is 20.2 Å². The summed E-state index contributed by atoms with van der Waals surface area (Å²) < 4.78 is 1.57. The highest BCUT2D eigenvalue weighted by molar-refractivity contribution is 5.76. The molecule has 0 aliphatic carbocycles. The lowest BCUT2D eigenvalue weighted by atomic mass is 10.1. The quantitative estimate of drug-likeness (QED) is 0.624. The van der Waals surface area contributed by atoms with Gasteiger partial charge in [-0.3, -0.25) is 14.5 Å². The molecule has 2 heterocycles. The van der Waals surface area contributed by atoms with Crippen molar-refractivity contribution in [3.63, 3.8) is 0 Å². The molecule has 2 aromatic heterocycles. The van der Waals surface area contributed by atoms with Crippen LogP contribution in [0.15, 0.2) is 65.7 Å². The first-order valence-corrected chi connectivity index (χ1v) is 8.13. The molecule has 0 bridgehead atoms. The minimum Gasteiger partial charge on any atom is -0.288 e. The van der Waals surface area contributed by atoms with Crippen LogP contribution in [-0.2, 0) is 6.42 Å². The van der Waals surface area contributed by atoms with Gasteiger partial charge in [-0.1, -0.05) is 42.5 Å². The zero-order valence-corrected chi connectivity index (χ0v) is 13.8. The summed E-state index contributed by atoms with van der Waals surface area (Å²) in [7, 11) is 0. The van der Waals surface area contributed by atoms with Crippen LogP contribution in [0, 0.1) is 0 Å². The van der Waals surface area contributed by atoms with Gasteiger partial charge in [0.05, 0.1) is 23.3 Å². The molecular formula is C19H17N5O. The highest BCUT2D eigenvalue weighted by atomic mass is 16.1. The predicted molar refractivity (Wildman–Crippen MR) is 95.4 cm³/mol. The van der Waals surface area contributed by atoms with Gasteiger partial charge in [0, 0.05) is 6.42 Å². The molecule has 4 aromatic rings. The molecule has 0 aliphatic rings. The topological polar surface area (TPSA) is 76.5 Å². The molecule has 0 aliphatic heterocycles. The van der Waals surface area contributed by atoms with Gasteiger partial charge in [0.2, 0.25) is 0 Å². The summed E-state index contributed by atoms with van der Waals surface area (Å²) in [6.07, 6.45) is 2.23. The number of H-pyrrole nitrogens is 1. The molecule has 1 atom stereocenters. The van der Waals surface area contributed by atoms with Gasteiger partial charge in [-0.25, -0.2) is 9.97 Å². The van der Waals surface area contributed by atoms with Crippen LogP contribution in [0.3, 0.4) is 0 Å². The maximum Gasteiger partial charge on any atom is 0.261 e. The molecule has 6 heteroatoms. The number of aromatic amines is 1. The van der Waals surface area contributed by atoms with Crippen molar-refractivity contribution in [1.29, 1.82) is 0 Å². The minimum absolute atomic E-state index is 0.0903. The van der Waals surface area contributed by atoms with Crippen LogP contribution in [0.5, 0.6) is 0 Å². The Morgan fingerprint density at radius 2 is 1.84 bits per heavy atom. The zero-order valence-electron chi connectivity index (χ0n) is 13.8. The van der Waals surface area contributed by atoms with Crippen LogP contribution in [-0.4, -0.2) is 24.7 Å². The number of hydrogen-bond acceptors (Lipinski definition) is 4. The molecule has 25 heavy (non-hydrogen) atoms. The van der Waals surface area contributed by atoms with Gasteiger partial charge in [0.25, 0.3) is 5.56 Å². The van der Waals surface area contributed by atoms with E-state index in [-0.39, 0.29) is 11.6 Å². The summed E-state index contributed by atoms with van der Waals surface area (Å²) in [6.45, 7) is 1.90. The van der Waals surface area contributed by atoms with Crippen LogP contribution in [0.2, 0.25) is 0 Å². The Balaban J connectivity index is 1.64. The van der Waals surface area contributed by atoms with Gasteiger partial charge in [0.1, 0.15) is 5.82 Å². The molecule has 0 saturated carbocycles. The summed E-state index contributed by atoms with van der Waals surface area (Å²) in [5.41, 5.74) is 1.76. The summed E-state index contributed by atoms with van der Waals surface area (Å²) in [6, 6.07) is 17.1. The molecule has 0 radical (unpaired) electrons. The van der Waals surface area contributed by atoms with E-state index < -0.39 is 0 Å². The zero-order chi connectivity index (χ0) is 17.2. The Morgan fingerprint density at radius 1 is 1.08 bits per heavy atom. The maximum absolute atomic E-state index is 12.7. The number of para-hydroxylation sites is 1. The van der Waals surface area contributed by atoms with Gasteiger partial charge in [0.15, 0.2) is 5.82 Å². The largest absolute Gasteiger partial charge is 0.288 e. The Bertz CT molecular complexity index is 1070. The normalized spacial score (nSPS) is 12.4. The Morgan fingerprint density at radius 3 is 2.68 bits per heavy atom. The van der Waals surface area contributed by atoms with Crippen molar-refractivity contribution in [3.05, 3.63) is 88.5 Å². The lowest BCUT2D eigenvalue weighted by molar-refractivity contribution is 0.576. The smallest absolute Gasteiger partial charge is 0.261 e. The van der Waals surface area contributed by atoms with E-state index in [1.807, 2.05) is 55.5 Å². The standard InChI is InChI=1S/C19H17N5O/c1-13(24-12-20-16-10-6-5-9-15(16)19(24)25)18-21-17(22-23-18)11-14-7-3-2-4-8-14/h2-10,12-13H,11H2,1H3,(H,21,22,23)/t13-/m1/s1. The van der Waals surface area contributed by atoms with Crippen molar-refractivity contribution in [2.75, 3.05) is 0 Å². The lowest BCUT2D eigenvalue weighted by Gasteiger charge is -2.11. The summed E-state index contributed by atoms with van der Waals surface area (Å²) in [5, 5.41) is 7.85. The van der Waals surface area contributed by atoms with E-state index in [0.29, 0.717) is 23.1 Å². The Hall–Kier alpha value is -3.28. The third-order valence-corrected chi connectivity index (χ3v) is 4.24. The van der Waals surface area contributed by atoms with Crippen LogP contribution in [0.1, 0.15) is 30.2 Å². The molecule has 4 rings (SSSR count). The SMILES string of the molecule is C[C@H](c1n[nH]c(Cc2ccccc2)n1)n1cnc2ccccc2c1=O. The Labute approximate surface area is 144 Å². The first-order valence-electron chi connectivity index (χ1n) is 8.13. The van der Waals surface area contributed by atoms with E-state index in [1.54, 1.807) is 17.0 Å². The summed E-state index contributed by atoms with van der Waals surface area (Å²) >= 11 is 0. The third-order valence-electron chi connectivity index (χ3n) is 4.24. The van der Waals surface area contributed by atoms with Crippen LogP contribution in [0.25, 0.3) is 10.9 Å². The number of fused-ring (bicyclic) bond motifs is 1. The molecule has 0 amide bonds. The van der Waals surface area contributed by atoms with Crippen LogP contribution < -0.4 is 5.56 Å². The maximum atomic E-state index is 12.7. The van der Waals surface area contributed by atoms with Crippen molar-refractivity contribution in [2.24, 2.45) is 0 Å². The van der Waals surface area contributed by atoms with Crippen molar-refractivity contribution in [3.8, 4) is 0 Å². The fourth-order valence-corrected chi connectivity index (χ4v) is 2.85. The van der Waals surface area contributed by atoms with Gasteiger partial charge in [-0.15, -0.1) is 0 Å². The highest BCUT2D eigenvalue weighted by Gasteiger charge is 2.16. The number of benzene rings is 2. The van der Waals surface area contributed by atoms with E-state index in [1.165, 1.54) is 0 Å². The van der Waals surface area contributed by atoms with E-state index in [9.17, 15) is 4.79 Å². The Kier molecular flexibility index (Phi) is 3.85. The second kappa shape index (κ2) is 6.32. The molecule has 0 saturated heterocycles. The molecule has 6 nitrogen and oxygen atoms in total. The molecule has 0 unspecified atom stereocenters. The predicted octanol–water partition coefficient (Wildman–Crippen LogP) is 2.71. The van der Waals surface area contributed by atoms with Crippen molar-refractivity contribution >= 4 is 10.9 Å². The molecule has 0 spiro atoms. The van der Waals surface area contributed by atoms with E-state index in [0.717, 1.165) is 11.4 Å². The van der Waals surface area contributed by atoms with Crippen molar-refractivity contribution in [2.45, 2.75) is 19.4 Å². The second-order valence-corrected chi connectivity index (χ2v) is 5.95. The minimum atomic E-state index is -0.301. The second-order valence-electron chi connectivity index (χ2n) is 5.95. The molecular weight excluding hydrogens is 314 g/mol. The molecule has 124 valence electrons. The lowest BCUT2D eigenvalue weighted by Crippen LogP contribution is -2.25. The van der Waals surface area contributed by atoms with Gasteiger partial charge in [-0.2, -0.15) is 5.10 Å². The average molecular weight is 331 g/mol. The first-order chi connectivity index (χ1) is 12.2. The average Bonchev–Trinajstić information content (AvgIpc) is 3.11. The van der Waals surface area contributed by atoms with Gasteiger partial charge >= 0.3 is 0 Å². The fraction of sp³-hybridized carbons (Fsp3) is 0.158. The van der Waals surface area contributed by atoms with Gasteiger partial charge < -0.3 is 0 Å². The summed E-state index contributed by atoms with van der Waals surface area (Å²) in [4.78, 5) is 21.6. The molecule has 2 aromatic carbocycles. The molecule has 1 N–H and O–H groups in total. The first kappa shape index (κ1) is 15.3. The highest BCUT2D eigenvalue weighted by Crippen LogP contribution is 2.14. The number of nitrogens with zero attached hydrogens (tertiary/aromatic N) is 4. The van der Waals surface area contributed by atoms with Crippen LogP contribution >= 0.6 is 0 Å². The van der Waals surface area contributed by atoms with Gasteiger partial charge in [-0.05, 0) is 24.6 Å². The number of aromatic nitrogens is 5. The number of hydrogen-bond donors (Lipinski definition) is 1. The molecule has 0 fully saturated rings. The fourth-order valence-electron chi connectivity index (χ4n) is 2.85. The van der Waals surface area contributed by atoms with E-state index in [4.69, 9.17) is 0 Å². The summed E-state index contributed by atoms with van der Waals surface area (Å²) in [5.74, 6) is 1.35. The van der Waals surface area contributed by atoms with Crippen molar-refractivity contribution in [1.82, 2.24) is 24.7 Å². The van der Waals surface area contributed by atoms with Crippen molar-refractivity contribution < 1.29 is 0 Å².